The van der Waals surface area contributed by atoms with E-state index in [2.05, 4.69) is 43.3 Å². The number of benzene rings is 2. The highest BCUT2D eigenvalue weighted by Crippen LogP contribution is 2.27. The standard InChI is InChI=1S/C23H30O3/c1-2-20-16-11-12-17-21(20)22(26-23(24)25)18-10-5-3-4-7-13-19-14-8-6-9-15-19/h6,8-9,11-12,14-17,22H,2-5,7,10,13,18H2,1H3,(H,24,25). The van der Waals surface area contributed by atoms with E-state index in [0.717, 1.165) is 37.7 Å². The van der Waals surface area contributed by atoms with Crippen LogP contribution in [0.3, 0.4) is 0 Å². The first-order valence-corrected chi connectivity index (χ1v) is 9.72. The van der Waals surface area contributed by atoms with Crippen LogP contribution in [0.1, 0.15) is 68.2 Å². The second-order valence-corrected chi connectivity index (χ2v) is 6.72. The van der Waals surface area contributed by atoms with E-state index in [-0.39, 0.29) is 6.10 Å². The average molecular weight is 354 g/mol. The van der Waals surface area contributed by atoms with Crippen molar-refractivity contribution in [2.45, 2.75) is 64.4 Å². The molecule has 2 rings (SSSR count). The molecule has 0 aliphatic rings. The van der Waals surface area contributed by atoms with Crippen LogP contribution in [-0.4, -0.2) is 11.3 Å². The van der Waals surface area contributed by atoms with Crippen molar-refractivity contribution in [2.75, 3.05) is 0 Å². The van der Waals surface area contributed by atoms with Gasteiger partial charge in [0.15, 0.2) is 0 Å². The fraction of sp³-hybridized carbons (Fsp3) is 0.435. The highest BCUT2D eigenvalue weighted by Gasteiger charge is 2.18. The van der Waals surface area contributed by atoms with E-state index in [1.54, 1.807) is 0 Å². The number of carbonyl (C=O) groups is 1. The Morgan fingerprint density at radius 1 is 0.923 bits per heavy atom. The summed E-state index contributed by atoms with van der Waals surface area (Å²) in [5.74, 6) is 0. The Morgan fingerprint density at radius 3 is 2.31 bits per heavy atom. The van der Waals surface area contributed by atoms with Gasteiger partial charge in [0.25, 0.3) is 0 Å². The van der Waals surface area contributed by atoms with Crippen LogP contribution in [-0.2, 0) is 17.6 Å². The third-order valence-electron chi connectivity index (χ3n) is 4.80. The van der Waals surface area contributed by atoms with E-state index in [1.165, 1.54) is 30.4 Å². The first-order chi connectivity index (χ1) is 12.7. The molecule has 1 atom stereocenters. The number of hydrogen-bond donors (Lipinski definition) is 1. The SMILES string of the molecule is CCc1ccccc1C(CCCCCCCc1ccccc1)OC(=O)O. The van der Waals surface area contributed by atoms with Gasteiger partial charge in [-0.15, -0.1) is 0 Å². The lowest BCUT2D eigenvalue weighted by atomic mass is 9.96. The summed E-state index contributed by atoms with van der Waals surface area (Å²) < 4.78 is 5.18. The summed E-state index contributed by atoms with van der Waals surface area (Å²) in [6, 6.07) is 18.6. The first-order valence-electron chi connectivity index (χ1n) is 9.72. The smallest absolute Gasteiger partial charge is 0.450 e. The molecule has 0 bridgehead atoms. The van der Waals surface area contributed by atoms with Gasteiger partial charge in [-0.05, 0) is 48.8 Å². The molecule has 0 amide bonds. The normalized spacial score (nSPS) is 11.9. The van der Waals surface area contributed by atoms with E-state index < -0.39 is 6.16 Å². The molecule has 3 heteroatoms. The van der Waals surface area contributed by atoms with E-state index in [4.69, 9.17) is 9.84 Å². The van der Waals surface area contributed by atoms with Crippen molar-refractivity contribution in [3.63, 3.8) is 0 Å². The molecule has 0 aliphatic carbocycles. The van der Waals surface area contributed by atoms with Crippen molar-refractivity contribution < 1.29 is 14.6 Å². The average Bonchev–Trinajstić information content (AvgIpc) is 2.66. The molecule has 26 heavy (non-hydrogen) atoms. The summed E-state index contributed by atoms with van der Waals surface area (Å²) in [5.41, 5.74) is 3.58. The number of rotatable bonds is 11. The van der Waals surface area contributed by atoms with Gasteiger partial charge < -0.3 is 9.84 Å². The Balaban J connectivity index is 1.73. The minimum absolute atomic E-state index is 0.354. The van der Waals surface area contributed by atoms with Gasteiger partial charge in [0, 0.05) is 0 Å². The Hall–Kier alpha value is -2.29. The summed E-state index contributed by atoms with van der Waals surface area (Å²) in [6.07, 6.45) is 6.93. The molecular weight excluding hydrogens is 324 g/mol. The van der Waals surface area contributed by atoms with Gasteiger partial charge in [-0.3, -0.25) is 0 Å². The lowest BCUT2D eigenvalue weighted by Gasteiger charge is -2.19. The lowest BCUT2D eigenvalue weighted by molar-refractivity contribution is 0.0461. The lowest BCUT2D eigenvalue weighted by Crippen LogP contribution is -2.11. The van der Waals surface area contributed by atoms with E-state index >= 15 is 0 Å². The molecule has 0 aromatic heterocycles. The van der Waals surface area contributed by atoms with Gasteiger partial charge in [-0.25, -0.2) is 4.79 Å². The summed E-state index contributed by atoms with van der Waals surface area (Å²) in [4.78, 5) is 11.1. The van der Waals surface area contributed by atoms with Crippen LogP contribution in [0.5, 0.6) is 0 Å². The molecule has 2 aromatic rings. The minimum Gasteiger partial charge on any atom is -0.450 e. The molecule has 1 unspecified atom stereocenters. The van der Waals surface area contributed by atoms with E-state index in [9.17, 15) is 4.79 Å². The van der Waals surface area contributed by atoms with Crippen LogP contribution in [0.25, 0.3) is 0 Å². The summed E-state index contributed by atoms with van der Waals surface area (Å²) in [7, 11) is 0. The number of hydrogen-bond acceptors (Lipinski definition) is 2. The maximum atomic E-state index is 11.1. The highest BCUT2D eigenvalue weighted by atomic mass is 16.7. The van der Waals surface area contributed by atoms with Crippen molar-refractivity contribution in [2.24, 2.45) is 0 Å². The van der Waals surface area contributed by atoms with Gasteiger partial charge in [-0.2, -0.15) is 0 Å². The van der Waals surface area contributed by atoms with Crippen molar-refractivity contribution >= 4 is 6.16 Å². The molecule has 3 nitrogen and oxygen atoms in total. The van der Waals surface area contributed by atoms with Crippen molar-refractivity contribution in [1.82, 2.24) is 0 Å². The predicted octanol–water partition coefficient (Wildman–Crippen LogP) is 6.57. The quantitative estimate of drug-likeness (QED) is 0.367. The van der Waals surface area contributed by atoms with Crippen LogP contribution in [0.2, 0.25) is 0 Å². The summed E-state index contributed by atoms with van der Waals surface area (Å²) in [6.45, 7) is 2.09. The van der Waals surface area contributed by atoms with Gasteiger partial charge >= 0.3 is 6.16 Å². The molecule has 0 heterocycles. The molecule has 1 N–H and O–H groups in total. The number of unbranched alkanes of at least 4 members (excludes halogenated alkanes) is 4. The Bertz CT molecular complexity index is 652. The zero-order valence-corrected chi connectivity index (χ0v) is 15.7. The third-order valence-corrected chi connectivity index (χ3v) is 4.80. The third kappa shape index (κ3) is 6.91. The highest BCUT2D eigenvalue weighted by molar-refractivity contribution is 5.57. The summed E-state index contributed by atoms with van der Waals surface area (Å²) >= 11 is 0. The monoisotopic (exact) mass is 354 g/mol. The van der Waals surface area contributed by atoms with Crippen molar-refractivity contribution in [3.8, 4) is 0 Å². The fourth-order valence-electron chi connectivity index (χ4n) is 3.40. The second kappa shape index (κ2) is 11.3. The minimum atomic E-state index is -1.19. The molecule has 0 spiro atoms. The van der Waals surface area contributed by atoms with E-state index in [0.29, 0.717) is 0 Å². The predicted molar refractivity (Wildman–Crippen MR) is 106 cm³/mol. The molecule has 0 fully saturated rings. The number of carboxylic acid groups (broad SMARTS) is 1. The maximum Gasteiger partial charge on any atom is 0.506 e. The Labute approximate surface area is 157 Å². The van der Waals surface area contributed by atoms with Crippen LogP contribution in [0.15, 0.2) is 54.6 Å². The Kier molecular flexibility index (Phi) is 8.74. The second-order valence-electron chi connectivity index (χ2n) is 6.72. The first kappa shape index (κ1) is 20.0. The van der Waals surface area contributed by atoms with Crippen LogP contribution in [0, 0.1) is 0 Å². The Morgan fingerprint density at radius 2 is 1.58 bits per heavy atom. The molecule has 2 aromatic carbocycles. The molecule has 140 valence electrons. The zero-order chi connectivity index (χ0) is 18.6. The fourth-order valence-corrected chi connectivity index (χ4v) is 3.40. The zero-order valence-electron chi connectivity index (χ0n) is 15.7. The number of aryl methyl sites for hydroxylation is 2. The molecule has 0 aliphatic heterocycles. The molecule has 0 radical (unpaired) electrons. The summed E-state index contributed by atoms with van der Waals surface area (Å²) in [5, 5.41) is 9.07. The van der Waals surface area contributed by atoms with Gasteiger partial charge in [0.05, 0.1) is 0 Å². The van der Waals surface area contributed by atoms with Gasteiger partial charge in [-0.1, -0.05) is 80.8 Å². The molecular formula is C23H30O3. The topological polar surface area (TPSA) is 46.5 Å². The largest absolute Gasteiger partial charge is 0.506 e. The van der Waals surface area contributed by atoms with Crippen molar-refractivity contribution in [3.05, 3.63) is 71.3 Å². The molecule has 0 saturated heterocycles. The van der Waals surface area contributed by atoms with Crippen LogP contribution < -0.4 is 0 Å². The van der Waals surface area contributed by atoms with Crippen LogP contribution in [0.4, 0.5) is 4.79 Å². The van der Waals surface area contributed by atoms with E-state index in [1.807, 2.05) is 18.2 Å². The van der Waals surface area contributed by atoms with Crippen LogP contribution >= 0.6 is 0 Å². The molecule has 0 saturated carbocycles. The maximum absolute atomic E-state index is 11.1. The number of ether oxygens (including phenoxy) is 1. The van der Waals surface area contributed by atoms with Gasteiger partial charge in [0.2, 0.25) is 0 Å². The van der Waals surface area contributed by atoms with Crippen molar-refractivity contribution in [1.29, 1.82) is 0 Å². The van der Waals surface area contributed by atoms with Gasteiger partial charge in [0.1, 0.15) is 6.10 Å².